The third-order valence-electron chi connectivity index (χ3n) is 4.20. The number of carbonyl (C=O) groups is 1. The van der Waals surface area contributed by atoms with E-state index in [0.717, 1.165) is 30.8 Å². The van der Waals surface area contributed by atoms with Gasteiger partial charge in [0.1, 0.15) is 6.10 Å². The molecule has 0 saturated heterocycles. The fourth-order valence-corrected chi connectivity index (χ4v) is 3.62. The van der Waals surface area contributed by atoms with Crippen LogP contribution in [0.4, 0.5) is 0 Å². The first kappa shape index (κ1) is 16.1. The lowest BCUT2D eigenvalue weighted by Crippen LogP contribution is -2.25. The van der Waals surface area contributed by atoms with Crippen LogP contribution < -0.4 is 0 Å². The molecule has 1 saturated carbocycles. The third-order valence-corrected chi connectivity index (χ3v) is 5.15. The summed E-state index contributed by atoms with van der Waals surface area (Å²) in [5.74, 6) is 1.85. The van der Waals surface area contributed by atoms with Crippen LogP contribution in [-0.2, 0) is 10.5 Å². The molecule has 0 bridgehead atoms. The smallest absolute Gasteiger partial charge is 0.338 e. The lowest BCUT2D eigenvalue weighted by molar-refractivity contribution is 0.0210. The van der Waals surface area contributed by atoms with Crippen LogP contribution in [0.25, 0.3) is 0 Å². The molecule has 1 aromatic heterocycles. The number of aromatic nitrogens is 2. The van der Waals surface area contributed by atoms with Crippen LogP contribution in [0.15, 0.2) is 42.7 Å². The predicted molar refractivity (Wildman–Crippen MR) is 92.6 cm³/mol. The highest BCUT2D eigenvalue weighted by Gasteiger charge is 2.32. The Morgan fingerprint density at radius 1 is 1.35 bits per heavy atom. The minimum Gasteiger partial charge on any atom is -0.457 e. The van der Waals surface area contributed by atoms with Gasteiger partial charge in [-0.2, -0.15) is 16.9 Å². The zero-order valence-corrected chi connectivity index (χ0v) is 14.2. The standard InChI is InChI=1S/C18H22N2O2S/c1-2-23-13-14-7-9-15(10-8-14)18(21)22-17-6-3-5-16(17)20-12-4-11-19-20/h4,7-12,16-17H,2-3,5-6,13H2,1H3/t16-,17-/m1/s1. The van der Waals surface area contributed by atoms with Crippen molar-refractivity contribution in [1.82, 2.24) is 9.78 Å². The largest absolute Gasteiger partial charge is 0.457 e. The maximum absolute atomic E-state index is 12.4. The summed E-state index contributed by atoms with van der Waals surface area (Å²) < 4.78 is 7.66. The van der Waals surface area contributed by atoms with Crippen molar-refractivity contribution >= 4 is 17.7 Å². The summed E-state index contributed by atoms with van der Waals surface area (Å²) >= 11 is 1.87. The summed E-state index contributed by atoms with van der Waals surface area (Å²) in [6.07, 6.45) is 6.60. The molecule has 0 radical (unpaired) electrons. The summed E-state index contributed by atoms with van der Waals surface area (Å²) in [4.78, 5) is 12.4. The van der Waals surface area contributed by atoms with Gasteiger partial charge in [-0.3, -0.25) is 4.68 Å². The Balaban J connectivity index is 1.62. The van der Waals surface area contributed by atoms with Gasteiger partial charge in [-0.15, -0.1) is 0 Å². The highest BCUT2D eigenvalue weighted by molar-refractivity contribution is 7.98. The highest BCUT2D eigenvalue weighted by Crippen LogP contribution is 2.32. The molecule has 3 rings (SSSR count). The van der Waals surface area contributed by atoms with Gasteiger partial charge in [0.2, 0.25) is 0 Å². The monoisotopic (exact) mass is 330 g/mol. The number of thioether (sulfide) groups is 1. The molecular formula is C18H22N2O2S. The number of benzene rings is 1. The highest BCUT2D eigenvalue weighted by atomic mass is 32.2. The van der Waals surface area contributed by atoms with E-state index in [1.54, 1.807) is 6.20 Å². The first-order valence-corrected chi connectivity index (χ1v) is 9.30. The van der Waals surface area contributed by atoms with Gasteiger partial charge in [0.15, 0.2) is 0 Å². The number of ether oxygens (including phenoxy) is 1. The Morgan fingerprint density at radius 2 is 2.17 bits per heavy atom. The number of carbonyl (C=O) groups excluding carboxylic acids is 1. The Morgan fingerprint density at radius 3 is 2.87 bits per heavy atom. The maximum Gasteiger partial charge on any atom is 0.338 e. The number of esters is 1. The summed E-state index contributed by atoms with van der Waals surface area (Å²) in [7, 11) is 0. The fourth-order valence-electron chi connectivity index (χ4n) is 2.99. The summed E-state index contributed by atoms with van der Waals surface area (Å²) in [6.45, 7) is 2.15. The van der Waals surface area contributed by atoms with E-state index in [1.807, 2.05) is 53.0 Å². The zero-order chi connectivity index (χ0) is 16.1. The average molecular weight is 330 g/mol. The van der Waals surface area contributed by atoms with Crippen molar-refractivity contribution in [3.63, 3.8) is 0 Å². The number of hydrogen-bond acceptors (Lipinski definition) is 4. The van der Waals surface area contributed by atoms with Crippen molar-refractivity contribution in [3.05, 3.63) is 53.9 Å². The van der Waals surface area contributed by atoms with Crippen LogP contribution in [-0.4, -0.2) is 27.6 Å². The van der Waals surface area contributed by atoms with Crippen molar-refractivity contribution in [2.24, 2.45) is 0 Å². The van der Waals surface area contributed by atoms with Gasteiger partial charge < -0.3 is 4.74 Å². The van der Waals surface area contributed by atoms with Gasteiger partial charge in [0.05, 0.1) is 11.6 Å². The van der Waals surface area contributed by atoms with Crippen molar-refractivity contribution in [2.45, 2.75) is 44.1 Å². The van der Waals surface area contributed by atoms with Gasteiger partial charge in [0.25, 0.3) is 0 Å². The van der Waals surface area contributed by atoms with Crippen molar-refractivity contribution < 1.29 is 9.53 Å². The van der Waals surface area contributed by atoms with E-state index in [9.17, 15) is 4.79 Å². The van der Waals surface area contributed by atoms with Crippen LogP contribution in [0, 0.1) is 0 Å². The second kappa shape index (κ2) is 7.68. The second-order valence-corrected chi connectivity index (χ2v) is 7.04. The summed E-state index contributed by atoms with van der Waals surface area (Å²) in [5, 5.41) is 4.29. The lowest BCUT2D eigenvalue weighted by atomic mass is 10.1. The molecule has 2 atom stereocenters. The van der Waals surface area contributed by atoms with Crippen LogP contribution in [0.2, 0.25) is 0 Å². The number of rotatable bonds is 6. The SMILES string of the molecule is CCSCc1ccc(C(=O)O[C@@H]2CCC[C@H]2n2cccn2)cc1. The molecule has 2 aromatic rings. The van der Waals surface area contributed by atoms with E-state index < -0.39 is 0 Å². The maximum atomic E-state index is 12.4. The van der Waals surface area contributed by atoms with E-state index >= 15 is 0 Å². The van der Waals surface area contributed by atoms with Crippen molar-refractivity contribution in [3.8, 4) is 0 Å². The van der Waals surface area contributed by atoms with Crippen molar-refractivity contribution in [1.29, 1.82) is 0 Å². The average Bonchev–Trinajstić information content (AvgIpc) is 3.24. The van der Waals surface area contributed by atoms with Gasteiger partial charge in [-0.25, -0.2) is 4.79 Å². The minimum absolute atomic E-state index is 0.0854. The van der Waals surface area contributed by atoms with E-state index in [0.29, 0.717) is 5.56 Å². The Hall–Kier alpha value is -1.75. The predicted octanol–water partition coefficient (Wildman–Crippen LogP) is 4.09. The summed E-state index contributed by atoms with van der Waals surface area (Å²) in [5.41, 5.74) is 1.87. The molecule has 5 heteroatoms. The molecule has 1 aliphatic rings. The van der Waals surface area contributed by atoms with Crippen LogP contribution in [0.5, 0.6) is 0 Å². The molecule has 4 nitrogen and oxygen atoms in total. The molecule has 122 valence electrons. The van der Waals surface area contributed by atoms with Crippen LogP contribution in [0.3, 0.4) is 0 Å². The van der Waals surface area contributed by atoms with Crippen molar-refractivity contribution in [2.75, 3.05) is 5.75 Å². The normalized spacial score (nSPS) is 20.6. The quantitative estimate of drug-likeness (QED) is 0.748. The first-order chi connectivity index (χ1) is 11.3. The van der Waals surface area contributed by atoms with Gasteiger partial charge >= 0.3 is 5.97 Å². The van der Waals surface area contributed by atoms with E-state index in [1.165, 1.54) is 5.56 Å². The number of nitrogens with zero attached hydrogens (tertiary/aromatic N) is 2. The topological polar surface area (TPSA) is 44.1 Å². The molecule has 1 heterocycles. The lowest BCUT2D eigenvalue weighted by Gasteiger charge is -2.20. The van der Waals surface area contributed by atoms with E-state index in [2.05, 4.69) is 12.0 Å². The van der Waals surface area contributed by atoms with Crippen LogP contribution in [0.1, 0.15) is 48.1 Å². The molecule has 1 aromatic carbocycles. The van der Waals surface area contributed by atoms with E-state index in [4.69, 9.17) is 4.74 Å². The zero-order valence-electron chi connectivity index (χ0n) is 13.4. The second-order valence-electron chi connectivity index (χ2n) is 5.76. The fraction of sp³-hybridized carbons (Fsp3) is 0.444. The Bertz CT molecular complexity index is 625. The molecule has 0 amide bonds. The van der Waals surface area contributed by atoms with Gasteiger partial charge in [-0.1, -0.05) is 19.1 Å². The molecule has 0 unspecified atom stereocenters. The Kier molecular flexibility index (Phi) is 5.39. The molecule has 0 aliphatic heterocycles. The van der Waals surface area contributed by atoms with Crippen LogP contribution >= 0.6 is 11.8 Å². The molecule has 1 aliphatic carbocycles. The molecule has 0 N–H and O–H groups in total. The van der Waals surface area contributed by atoms with Gasteiger partial charge in [-0.05, 0) is 48.8 Å². The molecule has 1 fully saturated rings. The third kappa shape index (κ3) is 3.96. The first-order valence-electron chi connectivity index (χ1n) is 8.14. The van der Waals surface area contributed by atoms with Gasteiger partial charge in [0, 0.05) is 18.1 Å². The molecule has 23 heavy (non-hydrogen) atoms. The summed E-state index contributed by atoms with van der Waals surface area (Å²) in [6, 6.07) is 9.83. The number of hydrogen-bond donors (Lipinski definition) is 0. The Labute approximate surface area is 141 Å². The molecular weight excluding hydrogens is 308 g/mol. The van der Waals surface area contributed by atoms with E-state index in [-0.39, 0.29) is 18.1 Å². The molecule has 0 spiro atoms. The minimum atomic E-state index is -0.233.